The molecular weight excluding hydrogens is 210 g/mol. The van der Waals surface area contributed by atoms with E-state index in [0.29, 0.717) is 0 Å². The maximum Gasteiger partial charge on any atom is 0.125 e. The average Bonchev–Trinajstić information content (AvgIpc) is 2.28. The van der Waals surface area contributed by atoms with Gasteiger partial charge in [-0.3, -0.25) is 0 Å². The molecule has 1 aromatic carbocycles. The van der Waals surface area contributed by atoms with Crippen LogP contribution in [0.5, 0.6) is 5.75 Å². The van der Waals surface area contributed by atoms with Crippen LogP contribution < -0.4 is 10.5 Å². The van der Waals surface area contributed by atoms with Crippen molar-refractivity contribution in [3.8, 4) is 5.75 Å². The fourth-order valence-electron chi connectivity index (χ4n) is 2.07. The molecule has 0 aromatic heterocycles. The highest BCUT2D eigenvalue weighted by Crippen LogP contribution is 2.34. The highest BCUT2D eigenvalue weighted by molar-refractivity contribution is 5.45. The second-order valence-corrected chi connectivity index (χ2v) is 5.49. The van der Waals surface area contributed by atoms with Gasteiger partial charge in [-0.15, -0.1) is 0 Å². The van der Waals surface area contributed by atoms with Gasteiger partial charge in [-0.25, -0.2) is 0 Å². The van der Waals surface area contributed by atoms with Gasteiger partial charge in [0, 0.05) is 0 Å². The minimum Gasteiger partial charge on any atom is -0.496 e. The van der Waals surface area contributed by atoms with Gasteiger partial charge in [-0.2, -0.15) is 0 Å². The third kappa shape index (κ3) is 3.74. The highest BCUT2D eigenvalue weighted by atomic mass is 16.5. The lowest BCUT2D eigenvalue weighted by atomic mass is 9.84. The van der Waals surface area contributed by atoms with Gasteiger partial charge in [0.15, 0.2) is 0 Å². The van der Waals surface area contributed by atoms with E-state index >= 15 is 0 Å². The Morgan fingerprint density at radius 2 is 1.88 bits per heavy atom. The van der Waals surface area contributed by atoms with E-state index < -0.39 is 0 Å². The van der Waals surface area contributed by atoms with Gasteiger partial charge >= 0.3 is 0 Å². The number of hydrogen-bond acceptors (Lipinski definition) is 2. The van der Waals surface area contributed by atoms with E-state index in [9.17, 15) is 0 Å². The molecule has 0 spiro atoms. The molecule has 96 valence electrons. The first kappa shape index (κ1) is 14.0. The van der Waals surface area contributed by atoms with Crippen molar-refractivity contribution in [3.05, 3.63) is 29.3 Å². The van der Waals surface area contributed by atoms with E-state index in [1.165, 1.54) is 11.1 Å². The minimum absolute atomic E-state index is 0.120. The molecule has 0 atom stereocenters. The van der Waals surface area contributed by atoms with Crippen molar-refractivity contribution in [1.82, 2.24) is 0 Å². The molecule has 0 amide bonds. The molecule has 1 rings (SSSR count). The highest BCUT2D eigenvalue weighted by Gasteiger charge is 2.20. The lowest BCUT2D eigenvalue weighted by molar-refractivity contribution is 0.392. The number of nitrogens with two attached hydrogens (primary N) is 1. The van der Waals surface area contributed by atoms with Crippen LogP contribution in [0, 0.1) is 0 Å². The van der Waals surface area contributed by atoms with Crippen LogP contribution in [0.3, 0.4) is 0 Å². The van der Waals surface area contributed by atoms with Gasteiger partial charge in [0.2, 0.25) is 0 Å². The normalized spacial score (nSPS) is 11.6. The number of hydrogen-bond donors (Lipinski definition) is 1. The van der Waals surface area contributed by atoms with E-state index in [1.54, 1.807) is 7.11 Å². The molecule has 17 heavy (non-hydrogen) atoms. The Labute approximate surface area is 105 Å². The van der Waals surface area contributed by atoms with Crippen molar-refractivity contribution < 1.29 is 4.74 Å². The van der Waals surface area contributed by atoms with Crippen LogP contribution in [0.1, 0.15) is 44.7 Å². The summed E-state index contributed by atoms with van der Waals surface area (Å²) in [6.07, 6.45) is 3.24. The maximum atomic E-state index is 5.60. The summed E-state index contributed by atoms with van der Waals surface area (Å²) >= 11 is 0. The largest absolute Gasteiger partial charge is 0.496 e. The number of benzene rings is 1. The molecule has 0 fully saturated rings. The predicted octanol–water partition coefficient (Wildman–Crippen LogP) is 3.27. The van der Waals surface area contributed by atoms with Crippen LogP contribution in [0.2, 0.25) is 0 Å². The fraction of sp³-hybridized carbons (Fsp3) is 0.600. The minimum atomic E-state index is 0.120. The third-order valence-corrected chi connectivity index (χ3v) is 3.01. The van der Waals surface area contributed by atoms with Crippen LogP contribution in [0.25, 0.3) is 0 Å². The van der Waals surface area contributed by atoms with Crippen molar-refractivity contribution in [2.24, 2.45) is 5.73 Å². The summed E-state index contributed by atoms with van der Waals surface area (Å²) in [5.74, 6) is 1.05. The third-order valence-electron chi connectivity index (χ3n) is 3.01. The Hall–Kier alpha value is -1.02. The van der Waals surface area contributed by atoms with Gasteiger partial charge in [0.1, 0.15) is 5.75 Å². The first-order chi connectivity index (χ1) is 8.00. The Morgan fingerprint density at radius 3 is 2.41 bits per heavy atom. The number of para-hydroxylation sites is 1. The standard InChI is InChI=1S/C15H25NO/c1-15(2,3)13-10-7-9-12(14(13)17-4)8-5-6-11-16/h7,9-10H,5-6,8,11,16H2,1-4H3. The molecule has 0 aliphatic carbocycles. The summed E-state index contributed by atoms with van der Waals surface area (Å²) < 4.78 is 5.60. The van der Waals surface area contributed by atoms with Gasteiger partial charge in [-0.1, -0.05) is 39.0 Å². The SMILES string of the molecule is COc1c(CCCCN)cccc1C(C)(C)C. The van der Waals surface area contributed by atoms with E-state index in [4.69, 9.17) is 10.5 Å². The van der Waals surface area contributed by atoms with Gasteiger partial charge < -0.3 is 10.5 Å². The van der Waals surface area contributed by atoms with E-state index in [-0.39, 0.29) is 5.41 Å². The average molecular weight is 235 g/mol. The fourth-order valence-corrected chi connectivity index (χ4v) is 2.07. The molecule has 0 aliphatic rings. The number of rotatable bonds is 5. The van der Waals surface area contributed by atoms with Crippen molar-refractivity contribution in [2.75, 3.05) is 13.7 Å². The number of unbranched alkanes of at least 4 members (excludes halogenated alkanes) is 1. The van der Waals surface area contributed by atoms with E-state index in [2.05, 4.69) is 39.0 Å². The summed E-state index contributed by atoms with van der Waals surface area (Å²) in [4.78, 5) is 0. The number of ether oxygens (including phenoxy) is 1. The molecular formula is C15H25NO. The molecule has 2 N–H and O–H groups in total. The monoisotopic (exact) mass is 235 g/mol. The lowest BCUT2D eigenvalue weighted by Gasteiger charge is -2.24. The van der Waals surface area contributed by atoms with Gasteiger partial charge in [0.25, 0.3) is 0 Å². The summed E-state index contributed by atoms with van der Waals surface area (Å²) in [6, 6.07) is 6.44. The number of methoxy groups -OCH3 is 1. The summed E-state index contributed by atoms with van der Waals surface area (Å²) in [5, 5.41) is 0. The summed E-state index contributed by atoms with van der Waals surface area (Å²) in [5.41, 5.74) is 8.23. The zero-order valence-electron chi connectivity index (χ0n) is 11.5. The first-order valence-corrected chi connectivity index (χ1v) is 6.37. The quantitative estimate of drug-likeness (QED) is 0.795. The predicted molar refractivity (Wildman–Crippen MR) is 73.7 cm³/mol. The smallest absolute Gasteiger partial charge is 0.125 e. The molecule has 0 radical (unpaired) electrons. The molecule has 0 saturated carbocycles. The molecule has 0 bridgehead atoms. The molecule has 2 nitrogen and oxygen atoms in total. The number of aryl methyl sites for hydroxylation is 1. The lowest BCUT2D eigenvalue weighted by Crippen LogP contribution is -2.14. The molecule has 1 aromatic rings. The van der Waals surface area contributed by atoms with Crippen LogP contribution >= 0.6 is 0 Å². The summed E-state index contributed by atoms with van der Waals surface area (Å²) in [7, 11) is 1.76. The molecule has 0 heterocycles. The zero-order valence-corrected chi connectivity index (χ0v) is 11.5. The Balaban J connectivity index is 2.98. The van der Waals surface area contributed by atoms with Crippen molar-refractivity contribution in [3.63, 3.8) is 0 Å². The molecule has 0 unspecified atom stereocenters. The summed E-state index contributed by atoms with van der Waals surface area (Å²) in [6.45, 7) is 7.42. The van der Waals surface area contributed by atoms with E-state index in [1.807, 2.05) is 0 Å². The van der Waals surface area contributed by atoms with Gasteiger partial charge in [-0.05, 0) is 42.3 Å². The van der Waals surface area contributed by atoms with Crippen LogP contribution in [-0.4, -0.2) is 13.7 Å². The van der Waals surface area contributed by atoms with Crippen molar-refractivity contribution in [2.45, 2.75) is 45.4 Å². The van der Waals surface area contributed by atoms with Gasteiger partial charge in [0.05, 0.1) is 7.11 Å². The zero-order chi connectivity index (χ0) is 12.9. The van der Waals surface area contributed by atoms with E-state index in [0.717, 1.165) is 31.6 Å². The topological polar surface area (TPSA) is 35.2 Å². The van der Waals surface area contributed by atoms with Crippen LogP contribution in [0.15, 0.2) is 18.2 Å². The Morgan fingerprint density at radius 1 is 1.18 bits per heavy atom. The second kappa shape index (κ2) is 6.06. The Bertz CT molecular complexity index is 352. The molecule has 2 heteroatoms. The van der Waals surface area contributed by atoms with Crippen molar-refractivity contribution >= 4 is 0 Å². The molecule has 0 saturated heterocycles. The second-order valence-electron chi connectivity index (χ2n) is 5.49. The maximum absolute atomic E-state index is 5.60. The Kier molecular flexibility index (Phi) is 5.01. The van der Waals surface area contributed by atoms with Crippen molar-refractivity contribution in [1.29, 1.82) is 0 Å². The first-order valence-electron chi connectivity index (χ1n) is 6.37. The molecule has 0 aliphatic heterocycles. The van der Waals surface area contributed by atoms with Crippen LogP contribution in [0.4, 0.5) is 0 Å². The van der Waals surface area contributed by atoms with Crippen LogP contribution in [-0.2, 0) is 11.8 Å².